The number of hydrogen-bond acceptors (Lipinski definition) is 6. The number of aliphatic hydroxyl groups is 1. The van der Waals surface area contributed by atoms with E-state index < -0.39 is 17.3 Å². The molecule has 0 spiro atoms. The zero-order valence-electron chi connectivity index (χ0n) is 17.2. The van der Waals surface area contributed by atoms with Crippen molar-refractivity contribution in [2.45, 2.75) is 29.6 Å². The molecular formula is C25H20BrNO5. The molecule has 0 unspecified atom stereocenters. The van der Waals surface area contributed by atoms with Gasteiger partial charge in [-0.25, -0.2) is 0 Å². The summed E-state index contributed by atoms with van der Waals surface area (Å²) in [4.78, 5) is 16.7. The van der Waals surface area contributed by atoms with Crippen molar-refractivity contribution in [1.82, 2.24) is 4.98 Å². The Balaban J connectivity index is 1.70. The molecule has 32 heavy (non-hydrogen) atoms. The van der Waals surface area contributed by atoms with Crippen LogP contribution in [0, 0.1) is 5.92 Å². The normalized spacial score (nSPS) is 32.0. The molecule has 0 radical (unpaired) electrons. The average Bonchev–Trinajstić information content (AvgIpc) is 3.37. The summed E-state index contributed by atoms with van der Waals surface area (Å²) in [5.41, 5.74) is -0.660. The summed E-state index contributed by atoms with van der Waals surface area (Å²) in [6.07, 6.45) is 2.56. The van der Waals surface area contributed by atoms with Gasteiger partial charge in [-0.2, -0.15) is 0 Å². The van der Waals surface area contributed by atoms with Crippen molar-refractivity contribution in [2.24, 2.45) is 5.92 Å². The predicted octanol–water partition coefficient (Wildman–Crippen LogP) is 4.06. The highest BCUT2D eigenvalue weighted by Gasteiger charge is 2.79. The van der Waals surface area contributed by atoms with E-state index in [1.807, 2.05) is 54.6 Å². The number of aromatic nitrogens is 1. The van der Waals surface area contributed by atoms with Gasteiger partial charge in [-0.1, -0.05) is 58.4 Å². The number of hydrogen-bond donors (Lipinski definition) is 1. The first kappa shape index (κ1) is 19.8. The van der Waals surface area contributed by atoms with Crippen LogP contribution in [0.4, 0.5) is 0 Å². The van der Waals surface area contributed by atoms with Gasteiger partial charge in [0.25, 0.3) is 0 Å². The van der Waals surface area contributed by atoms with Gasteiger partial charge in [-0.05, 0) is 23.3 Å². The monoisotopic (exact) mass is 493 g/mol. The molecule has 1 aliphatic carbocycles. The smallest absolute Gasteiger partial charge is 0.306 e. The first-order valence-electron chi connectivity index (χ1n) is 10.4. The van der Waals surface area contributed by atoms with E-state index in [0.29, 0.717) is 17.1 Å². The Morgan fingerprint density at radius 1 is 1.12 bits per heavy atom. The molecular weight excluding hydrogens is 474 g/mol. The standard InChI is InChI=1S/C25H20BrNO5/c1-30-18-12-27-13-19-22(18)24(29)23-17(11-20(28)31-23)21(14-5-3-2-4-6-14)25(24,32-19)15-7-9-16(26)10-8-15/h2-10,12-13,17,21,23,29H,11H2,1H3/t17-,21-,23-,24+,25+/m1/s1. The molecule has 3 heterocycles. The summed E-state index contributed by atoms with van der Waals surface area (Å²) in [6.45, 7) is 0. The van der Waals surface area contributed by atoms with E-state index in [-0.39, 0.29) is 24.2 Å². The highest BCUT2D eigenvalue weighted by Crippen LogP contribution is 2.71. The van der Waals surface area contributed by atoms with E-state index in [2.05, 4.69) is 20.9 Å². The van der Waals surface area contributed by atoms with Gasteiger partial charge in [-0.3, -0.25) is 9.78 Å². The van der Waals surface area contributed by atoms with Crippen LogP contribution >= 0.6 is 15.9 Å². The van der Waals surface area contributed by atoms with Gasteiger partial charge in [0.05, 0.1) is 31.5 Å². The Bertz CT molecular complexity index is 1220. The molecule has 1 N–H and O–H groups in total. The van der Waals surface area contributed by atoms with Crippen molar-refractivity contribution in [3.63, 3.8) is 0 Å². The lowest BCUT2D eigenvalue weighted by atomic mass is 9.70. The fourth-order valence-corrected chi connectivity index (χ4v) is 6.25. The number of carbonyl (C=O) groups excluding carboxylic acids is 1. The quantitative estimate of drug-likeness (QED) is 0.554. The van der Waals surface area contributed by atoms with Gasteiger partial charge >= 0.3 is 5.97 Å². The minimum absolute atomic E-state index is 0.205. The second-order valence-electron chi connectivity index (χ2n) is 8.49. The maximum absolute atomic E-state index is 12.7. The SMILES string of the molecule is COc1cncc2c1[C@]1(O)[C@@H]3OC(=O)C[C@@H]3[C@@H](c3ccccc3)[C@]1(c1ccc(Br)cc1)O2. The second-order valence-corrected chi connectivity index (χ2v) is 9.41. The summed E-state index contributed by atoms with van der Waals surface area (Å²) in [5.74, 6) is -0.107. The number of esters is 1. The zero-order valence-corrected chi connectivity index (χ0v) is 18.8. The van der Waals surface area contributed by atoms with Crippen molar-refractivity contribution in [2.75, 3.05) is 7.11 Å². The molecule has 7 heteroatoms. The van der Waals surface area contributed by atoms with E-state index in [9.17, 15) is 9.90 Å². The van der Waals surface area contributed by atoms with Crippen LogP contribution in [0.3, 0.4) is 0 Å². The van der Waals surface area contributed by atoms with E-state index >= 15 is 0 Å². The third-order valence-corrected chi connectivity index (χ3v) is 7.60. The van der Waals surface area contributed by atoms with Crippen molar-refractivity contribution < 1.29 is 24.1 Å². The number of methoxy groups -OCH3 is 1. The predicted molar refractivity (Wildman–Crippen MR) is 118 cm³/mol. The van der Waals surface area contributed by atoms with Crippen LogP contribution in [0.2, 0.25) is 0 Å². The molecule has 0 bridgehead atoms. The Morgan fingerprint density at radius 3 is 2.59 bits per heavy atom. The molecule has 2 aliphatic heterocycles. The molecule has 2 fully saturated rings. The van der Waals surface area contributed by atoms with E-state index in [1.54, 1.807) is 12.4 Å². The molecule has 0 amide bonds. The summed E-state index contributed by atoms with van der Waals surface area (Å²) in [5, 5.41) is 12.7. The Kier molecular flexibility index (Phi) is 4.20. The Morgan fingerprint density at radius 2 is 1.88 bits per heavy atom. The molecule has 3 aliphatic rings. The highest BCUT2D eigenvalue weighted by molar-refractivity contribution is 9.10. The number of benzene rings is 2. The van der Waals surface area contributed by atoms with Crippen molar-refractivity contribution in [1.29, 1.82) is 0 Å². The van der Waals surface area contributed by atoms with Gasteiger partial charge < -0.3 is 19.3 Å². The van der Waals surface area contributed by atoms with Crippen LogP contribution < -0.4 is 9.47 Å². The van der Waals surface area contributed by atoms with Gasteiger partial charge in [0.2, 0.25) is 0 Å². The maximum Gasteiger partial charge on any atom is 0.306 e. The van der Waals surface area contributed by atoms with E-state index in [0.717, 1.165) is 15.6 Å². The van der Waals surface area contributed by atoms with E-state index in [4.69, 9.17) is 14.2 Å². The van der Waals surface area contributed by atoms with Gasteiger partial charge in [-0.15, -0.1) is 0 Å². The number of rotatable bonds is 3. The van der Waals surface area contributed by atoms with Crippen LogP contribution in [-0.2, 0) is 20.7 Å². The molecule has 1 saturated carbocycles. The fourth-order valence-electron chi connectivity index (χ4n) is 5.99. The molecule has 1 saturated heterocycles. The molecule has 162 valence electrons. The first-order chi connectivity index (χ1) is 15.5. The van der Waals surface area contributed by atoms with E-state index in [1.165, 1.54) is 7.11 Å². The number of pyridine rings is 1. The number of carbonyl (C=O) groups is 1. The van der Waals surface area contributed by atoms with Crippen LogP contribution in [0.5, 0.6) is 11.5 Å². The van der Waals surface area contributed by atoms with Crippen molar-refractivity contribution in [3.05, 3.63) is 88.2 Å². The van der Waals surface area contributed by atoms with Crippen LogP contribution in [0.25, 0.3) is 0 Å². The molecule has 1 aromatic heterocycles. The minimum atomic E-state index is -1.66. The molecule has 2 aromatic carbocycles. The number of ether oxygens (including phenoxy) is 3. The lowest BCUT2D eigenvalue weighted by Crippen LogP contribution is -2.52. The van der Waals surface area contributed by atoms with Crippen molar-refractivity contribution >= 4 is 21.9 Å². The zero-order chi connectivity index (χ0) is 22.1. The largest absolute Gasteiger partial charge is 0.495 e. The second kappa shape index (κ2) is 6.80. The van der Waals surface area contributed by atoms with Gasteiger partial charge in [0.15, 0.2) is 11.2 Å². The third kappa shape index (κ3) is 2.33. The summed E-state index contributed by atoms with van der Waals surface area (Å²) in [6, 6.07) is 17.6. The first-order valence-corrected chi connectivity index (χ1v) is 11.2. The molecule has 3 aromatic rings. The number of fused-ring (bicyclic) bond motifs is 5. The summed E-state index contributed by atoms with van der Waals surface area (Å²) < 4.78 is 19.1. The van der Waals surface area contributed by atoms with Crippen LogP contribution in [0.15, 0.2) is 71.5 Å². The fraction of sp³-hybridized carbons (Fsp3) is 0.280. The minimum Gasteiger partial charge on any atom is -0.495 e. The lowest BCUT2D eigenvalue weighted by Gasteiger charge is -2.41. The van der Waals surface area contributed by atoms with Crippen LogP contribution in [0.1, 0.15) is 29.0 Å². The Hall–Kier alpha value is -2.90. The van der Waals surface area contributed by atoms with Crippen LogP contribution in [-0.4, -0.2) is 29.3 Å². The van der Waals surface area contributed by atoms with Gasteiger partial charge in [0, 0.05) is 16.3 Å². The number of nitrogens with zero attached hydrogens (tertiary/aromatic N) is 1. The maximum atomic E-state index is 12.7. The highest BCUT2D eigenvalue weighted by atomic mass is 79.9. The average molecular weight is 494 g/mol. The van der Waals surface area contributed by atoms with Crippen molar-refractivity contribution in [3.8, 4) is 11.5 Å². The lowest BCUT2D eigenvalue weighted by molar-refractivity contribution is -0.175. The number of halogens is 1. The molecule has 6 rings (SSSR count). The Labute approximate surface area is 193 Å². The summed E-state index contributed by atoms with van der Waals surface area (Å²) in [7, 11) is 1.53. The molecule has 6 nitrogen and oxygen atoms in total. The van der Waals surface area contributed by atoms with Gasteiger partial charge in [0.1, 0.15) is 17.6 Å². The summed E-state index contributed by atoms with van der Waals surface area (Å²) >= 11 is 3.50. The molecule has 5 atom stereocenters. The third-order valence-electron chi connectivity index (χ3n) is 7.07. The topological polar surface area (TPSA) is 77.9 Å².